The molecule has 0 spiro atoms. The first-order chi connectivity index (χ1) is 10.9. The highest BCUT2D eigenvalue weighted by Crippen LogP contribution is 2.19. The van der Waals surface area contributed by atoms with Gasteiger partial charge in [-0.1, -0.05) is 18.2 Å². The third-order valence-corrected chi connectivity index (χ3v) is 3.79. The summed E-state index contributed by atoms with van der Waals surface area (Å²) in [7, 11) is 0. The molecule has 1 heterocycles. The zero-order chi connectivity index (χ0) is 16.7. The number of rotatable bonds is 6. The van der Waals surface area contributed by atoms with Crippen LogP contribution < -0.4 is 10.1 Å². The van der Waals surface area contributed by atoms with Crippen LogP contribution >= 0.6 is 0 Å². The fourth-order valence-electron chi connectivity index (χ4n) is 2.50. The standard InChI is InChI=1S/C16H21F3N2O2/c17-16(18,19)12-20-15(22)10-21-8-6-13(7-9-21)11-23-14-4-2-1-3-5-14/h1-5,13H,6-12H2,(H,20,22). The Morgan fingerprint density at radius 3 is 2.48 bits per heavy atom. The molecule has 4 nitrogen and oxygen atoms in total. The van der Waals surface area contributed by atoms with E-state index in [2.05, 4.69) is 0 Å². The zero-order valence-corrected chi connectivity index (χ0v) is 12.8. The van der Waals surface area contributed by atoms with Gasteiger partial charge in [-0.2, -0.15) is 13.2 Å². The summed E-state index contributed by atoms with van der Waals surface area (Å²) < 4.78 is 41.8. The fourth-order valence-corrected chi connectivity index (χ4v) is 2.50. The molecule has 1 aromatic rings. The highest BCUT2D eigenvalue weighted by Gasteiger charge is 2.28. The first-order valence-corrected chi connectivity index (χ1v) is 7.66. The van der Waals surface area contributed by atoms with Crippen molar-refractivity contribution in [1.82, 2.24) is 10.2 Å². The van der Waals surface area contributed by atoms with Crippen molar-refractivity contribution in [2.24, 2.45) is 5.92 Å². The van der Waals surface area contributed by atoms with Crippen LogP contribution in [-0.4, -0.2) is 49.8 Å². The minimum absolute atomic E-state index is 0.0162. The molecule has 0 unspecified atom stereocenters. The number of hydrogen-bond donors (Lipinski definition) is 1. The van der Waals surface area contributed by atoms with E-state index in [0.29, 0.717) is 25.6 Å². The van der Waals surface area contributed by atoms with Crippen molar-refractivity contribution in [3.63, 3.8) is 0 Å². The molecule has 1 aliphatic heterocycles. The van der Waals surface area contributed by atoms with Crippen molar-refractivity contribution in [2.75, 3.05) is 32.8 Å². The second kappa shape index (κ2) is 8.19. The van der Waals surface area contributed by atoms with Gasteiger partial charge in [0.1, 0.15) is 12.3 Å². The maximum Gasteiger partial charge on any atom is 0.405 e. The van der Waals surface area contributed by atoms with Gasteiger partial charge in [0.15, 0.2) is 0 Å². The maximum atomic E-state index is 12.0. The van der Waals surface area contributed by atoms with E-state index in [1.54, 1.807) is 0 Å². The van der Waals surface area contributed by atoms with E-state index in [0.717, 1.165) is 18.6 Å². The minimum atomic E-state index is -4.36. The number of hydrogen-bond acceptors (Lipinski definition) is 3. The smallest absolute Gasteiger partial charge is 0.405 e. The summed E-state index contributed by atoms with van der Waals surface area (Å²) in [5, 5.41) is 1.90. The van der Waals surface area contributed by atoms with E-state index in [-0.39, 0.29) is 6.54 Å². The molecule has 1 N–H and O–H groups in total. The number of amides is 1. The van der Waals surface area contributed by atoms with E-state index >= 15 is 0 Å². The Bertz CT molecular complexity index is 486. The van der Waals surface area contributed by atoms with Crippen LogP contribution in [0.25, 0.3) is 0 Å². The van der Waals surface area contributed by atoms with Gasteiger partial charge in [0, 0.05) is 0 Å². The molecular formula is C16H21F3N2O2. The van der Waals surface area contributed by atoms with E-state index < -0.39 is 18.6 Å². The molecule has 23 heavy (non-hydrogen) atoms. The van der Waals surface area contributed by atoms with Crippen molar-refractivity contribution in [1.29, 1.82) is 0 Å². The van der Waals surface area contributed by atoms with Gasteiger partial charge in [-0.25, -0.2) is 0 Å². The third kappa shape index (κ3) is 6.90. The maximum absolute atomic E-state index is 12.0. The molecule has 0 saturated carbocycles. The Balaban J connectivity index is 1.63. The molecular weight excluding hydrogens is 309 g/mol. The van der Waals surface area contributed by atoms with Crippen molar-refractivity contribution in [3.8, 4) is 5.75 Å². The van der Waals surface area contributed by atoms with Crippen LogP contribution in [0.1, 0.15) is 12.8 Å². The van der Waals surface area contributed by atoms with Crippen LogP contribution in [0, 0.1) is 5.92 Å². The fraction of sp³-hybridized carbons (Fsp3) is 0.562. The first-order valence-electron chi connectivity index (χ1n) is 7.66. The van der Waals surface area contributed by atoms with Gasteiger partial charge in [0.25, 0.3) is 0 Å². The Hall–Kier alpha value is -1.76. The van der Waals surface area contributed by atoms with E-state index in [9.17, 15) is 18.0 Å². The summed E-state index contributed by atoms with van der Waals surface area (Å²) in [4.78, 5) is 13.4. The van der Waals surface area contributed by atoms with Crippen LogP contribution in [0.15, 0.2) is 30.3 Å². The predicted molar refractivity (Wildman–Crippen MR) is 80.2 cm³/mol. The average molecular weight is 330 g/mol. The largest absolute Gasteiger partial charge is 0.493 e. The number of benzene rings is 1. The number of piperidine rings is 1. The lowest BCUT2D eigenvalue weighted by atomic mass is 9.98. The molecule has 0 bridgehead atoms. The second-order valence-corrected chi connectivity index (χ2v) is 5.74. The number of nitrogens with one attached hydrogen (secondary N) is 1. The number of halogens is 3. The highest BCUT2D eigenvalue weighted by molar-refractivity contribution is 5.78. The normalized spacial score (nSPS) is 17.0. The van der Waals surface area contributed by atoms with Crippen LogP contribution in [0.2, 0.25) is 0 Å². The quantitative estimate of drug-likeness (QED) is 0.871. The van der Waals surface area contributed by atoms with E-state index in [4.69, 9.17) is 4.74 Å². The average Bonchev–Trinajstić information content (AvgIpc) is 2.53. The Labute approximate surface area is 133 Å². The minimum Gasteiger partial charge on any atom is -0.493 e. The van der Waals surface area contributed by atoms with Gasteiger partial charge < -0.3 is 10.1 Å². The van der Waals surface area contributed by atoms with Crippen LogP contribution in [-0.2, 0) is 4.79 Å². The summed E-state index contributed by atoms with van der Waals surface area (Å²) in [5.41, 5.74) is 0. The first kappa shape index (κ1) is 17.6. The number of likely N-dealkylation sites (tertiary alicyclic amines) is 1. The Kier molecular flexibility index (Phi) is 6.27. The Morgan fingerprint density at radius 1 is 1.22 bits per heavy atom. The molecule has 0 aromatic heterocycles. The molecule has 128 valence electrons. The molecule has 0 aliphatic carbocycles. The second-order valence-electron chi connectivity index (χ2n) is 5.74. The lowest BCUT2D eigenvalue weighted by Gasteiger charge is -2.31. The number of alkyl halides is 3. The van der Waals surface area contributed by atoms with Crippen molar-refractivity contribution in [2.45, 2.75) is 19.0 Å². The summed E-state index contributed by atoms with van der Waals surface area (Å²) in [6, 6.07) is 9.56. The number of carbonyl (C=O) groups is 1. The van der Waals surface area contributed by atoms with E-state index in [1.807, 2.05) is 40.5 Å². The lowest BCUT2D eigenvalue weighted by Crippen LogP contribution is -2.44. The lowest BCUT2D eigenvalue weighted by molar-refractivity contribution is -0.139. The number of carbonyl (C=O) groups excluding carboxylic acids is 1. The number of nitrogens with zero attached hydrogens (tertiary/aromatic N) is 1. The zero-order valence-electron chi connectivity index (χ0n) is 12.8. The van der Waals surface area contributed by atoms with Crippen molar-refractivity contribution >= 4 is 5.91 Å². The van der Waals surface area contributed by atoms with Gasteiger partial charge in [-0.05, 0) is 44.0 Å². The number of para-hydroxylation sites is 1. The van der Waals surface area contributed by atoms with Gasteiger partial charge in [-0.15, -0.1) is 0 Å². The Morgan fingerprint density at radius 2 is 1.87 bits per heavy atom. The van der Waals surface area contributed by atoms with Gasteiger partial charge in [0.05, 0.1) is 13.2 Å². The molecule has 7 heteroatoms. The molecule has 2 rings (SSSR count). The highest BCUT2D eigenvalue weighted by atomic mass is 19.4. The topological polar surface area (TPSA) is 41.6 Å². The third-order valence-electron chi connectivity index (χ3n) is 3.79. The summed E-state index contributed by atoms with van der Waals surface area (Å²) >= 11 is 0. The molecule has 1 amide bonds. The summed E-state index contributed by atoms with van der Waals surface area (Å²) in [6.45, 7) is 0.762. The van der Waals surface area contributed by atoms with Crippen molar-refractivity contribution in [3.05, 3.63) is 30.3 Å². The van der Waals surface area contributed by atoms with Crippen LogP contribution in [0.3, 0.4) is 0 Å². The molecule has 1 fully saturated rings. The van der Waals surface area contributed by atoms with Crippen LogP contribution in [0.4, 0.5) is 13.2 Å². The van der Waals surface area contributed by atoms with Gasteiger partial charge in [0.2, 0.25) is 5.91 Å². The van der Waals surface area contributed by atoms with Crippen LogP contribution in [0.5, 0.6) is 5.75 Å². The van der Waals surface area contributed by atoms with Crippen molar-refractivity contribution < 1.29 is 22.7 Å². The summed E-state index contributed by atoms with van der Waals surface area (Å²) in [6.07, 6.45) is -2.61. The molecule has 1 saturated heterocycles. The molecule has 1 aromatic carbocycles. The molecule has 1 aliphatic rings. The SMILES string of the molecule is O=C(CN1CCC(COc2ccccc2)CC1)NCC(F)(F)F. The van der Waals surface area contributed by atoms with Gasteiger partial charge in [-0.3, -0.25) is 9.69 Å². The summed E-state index contributed by atoms with van der Waals surface area (Å²) in [5.74, 6) is 0.660. The van der Waals surface area contributed by atoms with E-state index in [1.165, 1.54) is 0 Å². The molecule has 0 atom stereocenters. The monoisotopic (exact) mass is 330 g/mol. The molecule has 0 radical (unpaired) electrons. The number of ether oxygens (including phenoxy) is 1. The predicted octanol–water partition coefficient (Wildman–Crippen LogP) is 2.46. The van der Waals surface area contributed by atoms with Gasteiger partial charge >= 0.3 is 6.18 Å².